The Bertz CT molecular complexity index is 1340. The highest BCUT2D eigenvalue weighted by atomic mass is 32.2. The van der Waals surface area contributed by atoms with Crippen molar-refractivity contribution < 1.29 is 32.2 Å². The number of carbonyl (C=O) groups is 1. The molecule has 1 unspecified atom stereocenters. The minimum atomic E-state index is -4.00. The fourth-order valence-corrected chi connectivity index (χ4v) is 5.19. The quantitative estimate of drug-likeness (QED) is 0.531. The highest BCUT2D eigenvalue weighted by Gasteiger charge is 2.38. The number of nitrogens with zero attached hydrogens (tertiary/aromatic N) is 1. The molecular formula is C25H26N2O7S. The number of rotatable bonds is 7. The van der Waals surface area contributed by atoms with E-state index in [0.29, 0.717) is 34.4 Å². The number of hydrogen-bond acceptors (Lipinski definition) is 7. The Morgan fingerprint density at radius 3 is 2.29 bits per heavy atom. The van der Waals surface area contributed by atoms with E-state index in [1.165, 1.54) is 37.8 Å². The fraction of sp³-hybridized carbons (Fsp3) is 0.240. The molecular weight excluding hydrogens is 472 g/mol. The third-order valence-electron chi connectivity index (χ3n) is 5.59. The summed E-state index contributed by atoms with van der Waals surface area (Å²) in [5.41, 5.74) is 1.63. The average Bonchev–Trinajstić information content (AvgIpc) is 2.87. The van der Waals surface area contributed by atoms with Crippen molar-refractivity contribution in [2.24, 2.45) is 0 Å². The maximum Gasteiger partial charge on any atom is 0.267 e. The molecule has 0 saturated carbocycles. The zero-order valence-electron chi connectivity index (χ0n) is 19.8. The van der Waals surface area contributed by atoms with Crippen LogP contribution in [0.5, 0.6) is 23.0 Å². The van der Waals surface area contributed by atoms with Crippen LogP contribution in [-0.2, 0) is 14.8 Å². The number of sulfonamides is 1. The van der Waals surface area contributed by atoms with Crippen LogP contribution in [-0.4, -0.2) is 48.3 Å². The zero-order valence-corrected chi connectivity index (χ0v) is 20.6. The van der Waals surface area contributed by atoms with Gasteiger partial charge in [-0.25, -0.2) is 8.42 Å². The van der Waals surface area contributed by atoms with Crippen LogP contribution in [0.15, 0.2) is 65.6 Å². The molecule has 1 amide bonds. The Balaban J connectivity index is 1.67. The first-order chi connectivity index (χ1) is 16.8. The molecule has 184 valence electrons. The van der Waals surface area contributed by atoms with Gasteiger partial charge in [-0.1, -0.05) is 6.07 Å². The summed E-state index contributed by atoms with van der Waals surface area (Å²) in [6.07, 6.45) is -1.11. The Kier molecular flexibility index (Phi) is 6.74. The number of anilines is 2. The maximum atomic E-state index is 13.6. The number of nitrogens with one attached hydrogen (secondary N) is 1. The second-order valence-corrected chi connectivity index (χ2v) is 9.71. The summed E-state index contributed by atoms with van der Waals surface area (Å²) in [5, 5.41) is 2.77. The Morgan fingerprint density at radius 2 is 1.63 bits per heavy atom. The molecule has 0 aliphatic carbocycles. The minimum Gasteiger partial charge on any atom is -0.497 e. The first kappa shape index (κ1) is 24.2. The Morgan fingerprint density at radius 1 is 0.943 bits per heavy atom. The van der Waals surface area contributed by atoms with Crippen molar-refractivity contribution in [2.75, 3.05) is 37.5 Å². The number of benzene rings is 3. The van der Waals surface area contributed by atoms with Gasteiger partial charge in [-0.3, -0.25) is 9.10 Å². The van der Waals surface area contributed by atoms with Crippen LogP contribution in [0.1, 0.15) is 5.56 Å². The van der Waals surface area contributed by atoms with E-state index in [1.54, 1.807) is 48.5 Å². The molecule has 0 fully saturated rings. The fourth-order valence-electron chi connectivity index (χ4n) is 3.72. The molecule has 3 aromatic rings. The van der Waals surface area contributed by atoms with E-state index in [1.807, 2.05) is 6.92 Å². The first-order valence-electron chi connectivity index (χ1n) is 10.7. The van der Waals surface area contributed by atoms with E-state index in [9.17, 15) is 13.2 Å². The number of ether oxygens (including phenoxy) is 4. The lowest BCUT2D eigenvalue weighted by molar-refractivity contribution is -0.122. The first-order valence-corrected chi connectivity index (χ1v) is 12.2. The zero-order chi connectivity index (χ0) is 25.2. The van der Waals surface area contributed by atoms with Crippen LogP contribution in [0.2, 0.25) is 0 Å². The number of hydrogen-bond donors (Lipinski definition) is 1. The van der Waals surface area contributed by atoms with E-state index in [4.69, 9.17) is 18.9 Å². The molecule has 0 aromatic heterocycles. The molecule has 35 heavy (non-hydrogen) atoms. The SMILES string of the molecule is COc1ccc(S(=O)(=O)N2CC(C(=O)Nc3ccc(OC)cc3OC)Oc3cc(C)ccc32)cc1. The molecule has 0 radical (unpaired) electrons. The topological polar surface area (TPSA) is 103 Å². The van der Waals surface area contributed by atoms with Gasteiger partial charge < -0.3 is 24.3 Å². The van der Waals surface area contributed by atoms with Crippen molar-refractivity contribution in [3.8, 4) is 23.0 Å². The molecule has 10 heteroatoms. The Hall–Kier alpha value is -3.92. The van der Waals surface area contributed by atoms with E-state index in [0.717, 1.165) is 5.56 Å². The predicted molar refractivity (Wildman–Crippen MR) is 131 cm³/mol. The van der Waals surface area contributed by atoms with Crippen LogP contribution in [0.4, 0.5) is 11.4 Å². The van der Waals surface area contributed by atoms with Gasteiger partial charge >= 0.3 is 0 Å². The average molecular weight is 499 g/mol. The molecule has 1 heterocycles. The van der Waals surface area contributed by atoms with Gasteiger partial charge in [0.05, 0.1) is 44.1 Å². The van der Waals surface area contributed by atoms with Gasteiger partial charge in [-0.05, 0) is 61.0 Å². The number of aryl methyl sites for hydroxylation is 1. The molecule has 3 aromatic carbocycles. The smallest absolute Gasteiger partial charge is 0.267 e. The lowest BCUT2D eigenvalue weighted by Gasteiger charge is -2.35. The lowest BCUT2D eigenvalue weighted by Crippen LogP contribution is -2.48. The second kappa shape index (κ2) is 9.75. The molecule has 9 nitrogen and oxygen atoms in total. The predicted octanol–water partition coefficient (Wildman–Crippen LogP) is 3.62. The molecule has 1 atom stereocenters. The van der Waals surface area contributed by atoms with Crippen molar-refractivity contribution in [3.05, 3.63) is 66.2 Å². The van der Waals surface area contributed by atoms with Gasteiger partial charge in [0.2, 0.25) is 0 Å². The highest BCUT2D eigenvalue weighted by Crippen LogP contribution is 2.38. The van der Waals surface area contributed by atoms with Crippen LogP contribution >= 0.6 is 0 Å². The third kappa shape index (κ3) is 4.83. The van der Waals surface area contributed by atoms with E-state index in [-0.39, 0.29) is 11.4 Å². The summed E-state index contributed by atoms with van der Waals surface area (Å²) in [7, 11) is 0.511. The monoisotopic (exact) mass is 498 g/mol. The summed E-state index contributed by atoms with van der Waals surface area (Å²) in [4.78, 5) is 13.3. The second-order valence-electron chi connectivity index (χ2n) is 7.84. The molecule has 1 aliphatic heterocycles. The van der Waals surface area contributed by atoms with Gasteiger partial charge in [0.15, 0.2) is 6.10 Å². The summed E-state index contributed by atoms with van der Waals surface area (Å²) in [6, 6.07) is 16.2. The number of amides is 1. The lowest BCUT2D eigenvalue weighted by atomic mass is 10.1. The van der Waals surface area contributed by atoms with E-state index >= 15 is 0 Å². The third-order valence-corrected chi connectivity index (χ3v) is 7.39. The molecule has 0 spiro atoms. The molecule has 0 saturated heterocycles. The summed E-state index contributed by atoms with van der Waals surface area (Å²) < 4.78 is 50.0. The van der Waals surface area contributed by atoms with E-state index < -0.39 is 22.0 Å². The molecule has 1 N–H and O–H groups in total. The van der Waals surface area contributed by atoms with Gasteiger partial charge in [-0.2, -0.15) is 0 Å². The minimum absolute atomic E-state index is 0.0720. The van der Waals surface area contributed by atoms with Gasteiger partial charge in [-0.15, -0.1) is 0 Å². The van der Waals surface area contributed by atoms with Crippen molar-refractivity contribution in [3.63, 3.8) is 0 Å². The standard InChI is InChI=1S/C25H26N2O7S/c1-16-5-12-21-23(13-16)34-24(25(28)26-20-11-8-18(32-3)14-22(20)33-4)15-27(21)35(29,30)19-9-6-17(31-2)7-10-19/h5-14,24H,15H2,1-4H3,(H,26,28). The van der Waals surface area contributed by atoms with Crippen molar-refractivity contribution in [1.82, 2.24) is 0 Å². The summed E-state index contributed by atoms with van der Waals surface area (Å²) >= 11 is 0. The van der Waals surface area contributed by atoms with Crippen molar-refractivity contribution >= 4 is 27.3 Å². The molecule has 0 bridgehead atoms. The number of fused-ring (bicyclic) bond motifs is 1. The number of methoxy groups -OCH3 is 3. The normalized spacial score (nSPS) is 15.0. The summed E-state index contributed by atoms with van der Waals surface area (Å²) in [5.74, 6) is 1.28. The largest absolute Gasteiger partial charge is 0.497 e. The molecule has 4 rings (SSSR count). The van der Waals surface area contributed by atoms with Gasteiger partial charge in [0.1, 0.15) is 23.0 Å². The van der Waals surface area contributed by atoms with Crippen molar-refractivity contribution in [1.29, 1.82) is 0 Å². The van der Waals surface area contributed by atoms with Crippen LogP contribution < -0.4 is 28.6 Å². The van der Waals surface area contributed by atoms with Crippen LogP contribution in [0.3, 0.4) is 0 Å². The van der Waals surface area contributed by atoms with Crippen LogP contribution in [0, 0.1) is 6.92 Å². The Labute approximate surface area is 204 Å². The van der Waals surface area contributed by atoms with Gasteiger partial charge in [0.25, 0.3) is 15.9 Å². The van der Waals surface area contributed by atoms with Gasteiger partial charge in [0, 0.05) is 6.07 Å². The van der Waals surface area contributed by atoms with Crippen LogP contribution in [0.25, 0.3) is 0 Å². The van der Waals surface area contributed by atoms with E-state index in [2.05, 4.69) is 5.32 Å². The summed E-state index contributed by atoms with van der Waals surface area (Å²) in [6.45, 7) is 1.65. The number of carbonyl (C=O) groups excluding carboxylic acids is 1. The maximum absolute atomic E-state index is 13.6. The molecule has 1 aliphatic rings. The highest BCUT2D eigenvalue weighted by molar-refractivity contribution is 7.92. The van der Waals surface area contributed by atoms with Crippen molar-refractivity contribution in [2.45, 2.75) is 17.9 Å².